The molecular formula is C12H12ClFO. The van der Waals surface area contributed by atoms with Crippen molar-refractivity contribution in [2.45, 2.75) is 19.8 Å². The molecule has 1 aromatic rings. The Labute approximate surface area is 93.2 Å². The fourth-order valence-corrected chi connectivity index (χ4v) is 2.25. The van der Waals surface area contributed by atoms with Gasteiger partial charge in [0.05, 0.1) is 6.67 Å². The Kier molecular flexibility index (Phi) is 2.79. The van der Waals surface area contributed by atoms with Crippen LogP contribution in [-0.4, -0.2) is 12.5 Å². The van der Waals surface area contributed by atoms with Crippen molar-refractivity contribution in [2.75, 3.05) is 6.67 Å². The molecule has 0 amide bonds. The molecule has 0 aliphatic heterocycles. The van der Waals surface area contributed by atoms with Gasteiger partial charge in [0.2, 0.25) is 0 Å². The highest BCUT2D eigenvalue weighted by molar-refractivity contribution is 6.31. The quantitative estimate of drug-likeness (QED) is 0.756. The van der Waals surface area contributed by atoms with Gasteiger partial charge in [0, 0.05) is 16.5 Å². The number of hydrogen-bond donors (Lipinski definition) is 0. The van der Waals surface area contributed by atoms with E-state index < -0.39 is 6.67 Å². The second-order valence-corrected chi connectivity index (χ2v) is 4.41. The summed E-state index contributed by atoms with van der Waals surface area (Å²) < 4.78 is 12.2. The van der Waals surface area contributed by atoms with Gasteiger partial charge in [-0.25, -0.2) is 0 Å². The minimum Gasteiger partial charge on any atom is -0.294 e. The van der Waals surface area contributed by atoms with Gasteiger partial charge in [-0.2, -0.15) is 0 Å². The lowest BCUT2D eigenvalue weighted by Gasteiger charge is -2.02. The fourth-order valence-electron chi connectivity index (χ4n) is 2.08. The Balaban J connectivity index is 2.37. The summed E-state index contributed by atoms with van der Waals surface area (Å²) in [6.07, 6.45) is 0.986. The Hall–Kier alpha value is -0.890. The fraction of sp³-hybridized carbons (Fsp3) is 0.417. The molecule has 0 saturated carbocycles. The van der Waals surface area contributed by atoms with E-state index >= 15 is 0 Å². The van der Waals surface area contributed by atoms with Crippen molar-refractivity contribution in [1.82, 2.24) is 0 Å². The Morgan fingerprint density at radius 3 is 2.93 bits per heavy atom. The van der Waals surface area contributed by atoms with Crippen molar-refractivity contribution in [2.24, 2.45) is 5.92 Å². The van der Waals surface area contributed by atoms with Crippen molar-refractivity contribution in [3.05, 3.63) is 33.8 Å². The number of halogens is 2. The molecule has 1 unspecified atom stereocenters. The maximum Gasteiger partial charge on any atom is 0.166 e. The molecular weight excluding hydrogens is 215 g/mol. The third-order valence-corrected chi connectivity index (χ3v) is 3.35. The lowest BCUT2D eigenvalue weighted by Crippen LogP contribution is -2.09. The minimum atomic E-state index is -0.433. The molecule has 15 heavy (non-hydrogen) atoms. The molecule has 0 spiro atoms. The van der Waals surface area contributed by atoms with Crippen LogP contribution in [0.1, 0.15) is 27.9 Å². The summed E-state index contributed by atoms with van der Waals surface area (Å²) in [5.74, 6) is -0.132. The van der Waals surface area contributed by atoms with E-state index in [1.54, 1.807) is 6.07 Å². The summed E-state index contributed by atoms with van der Waals surface area (Å²) in [5.41, 5.74) is 2.67. The molecule has 1 aliphatic carbocycles. The number of alkyl halides is 1. The van der Waals surface area contributed by atoms with Crippen molar-refractivity contribution in [3.63, 3.8) is 0 Å². The van der Waals surface area contributed by atoms with Crippen LogP contribution in [0.4, 0.5) is 4.39 Å². The lowest BCUT2D eigenvalue weighted by molar-refractivity contribution is 0.0925. The van der Waals surface area contributed by atoms with E-state index in [-0.39, 0.29) is 11.7 Å². The summed E-state index contributed by atoms with van der Waals surface area (Å²) in [6.45, 7) is 1.48. The maximum absolute atomic E-state index is 12.2. The normalized spacial score (nSPS) is 19.4. The standard InChI is InChI=1S/C12H12ClFO/c1-7-4-9-5-8(2-3-14)12(15)10(9)6-11(7)13/h4,6,8H,2-3,5H2,1H3. The van der Waals surface area contributed by atoms with Gasteiger partial charge in [-0.3, -0.25) is 9.18 Å². The van der Waals surface area contributed by atoms with E-state index in [1.165, 1.54) is 0 Å². The van der Waals surface area contributed by atoms with Crippen LogP contribution in [0.3, 0.4) is 0 Å². The first-order valence-electron chi connectivity index (χ1n) is 5.02. The zero-order valence-corrected chi connectivity index (χ0v) is 9.27. The van der Waals surface area contributed by atoms with Crippen LogP contribution in [0.2, 0.25) is 5.02 Å². The Bertz CT molecular complexity index is 414. The first kappa shape index (κ1) is 10.6. The number of benzene rings is 1. The minimum absolute atomic E-state index is 0.0459. The molecule has 0 saturated heterocycles. The molecule has 1 aromatic carbocycles. The predicted octanol–water partition coefficient (Wildman–Crippen LogP) is 3.36. The molecule has 3 heteroatoms. The maximum atomic E-state index is 12.2. The van der Waals surface area contributed by atoms with Gasteiger partial charge < -0.3 is 0 Å². The molecule has 0 bridgehead atoms. The van der Waals surface area contributed by atoms with Crippen molar-refractivity contribution >= 4 is 17.4 Å². The molecule has 1 atom stereocenters. The Morgan fingerprint density at radius 2 is 2.27 bits per heavy atom. The molecule has 0 radical (unpaired) electrons. The van der Waals surface area contributed by atoms with Crippen LogP contribution in [0.5, 0.6) is 0 Å². The SMILES string of the molecule is Cc1cc2c(cc1Cl)C(=O)C(CCF)C2. The van der Waals surface area contributed by atoms with Gasteiger partial charge in [-0.15, -0.1) is 0 Å². The largest absolute Gasteiger partial charge is 0.294 e. The molecule has 1 aliphatic rings. The van der Waals surface area contributed by atoms with Gasteiger partial charge in [0.15, 0.2) is 5.78 Å². The van der Waals surface area contributed by atoms with Gasteiger partial charge in [-0.1, -0.05) is 17.7 Å². The summed E-state index contributed by atoms with van der Waals surface area (Å²) in [6, 6.07) is 3.65. The molecule has 0 N–H and O–H groups in total. The number of aryl methyl sites for hydroxylation is 1. The van der Waals surface area contributed by atoms with Crippen molar-refractivity contribution < 1.29 is 9.18 Å². The van der Waals surface area contributed by atoms with Gasteiger partial charge in [0.25, 0.3) is 0 Å². The average Bonchev–Trinajstić information content (AvgIpc) is 2.47. The monoisotopic (exact) mass is 226 g/mol. The van der Waals surface area contributed by atoms with Crippen LogP contribution in [0.25, 0.3) is 0 Å². The van der Waals surface area contributed by atoms with Crippen LogP contribution >= 0.6 is 11.6 Å². The van der Waals surface area contributed by atoms with E-state index in [4.69, 9.17) is 11.6 Å². The number of hydrogen-bond acceptors (Lipinski definition) is 1. The predicted molar refractivity (Wildman–Crippen MR) is 58.3 cm³/mol. The molecule has 1 nitrogen and oxygen atoms in total. The summed E-state index contributed by atoms with van der Waals surface area (Å²) >= 11 is 5.96. The number of carbonyl (C=O) groups is 1. The third kappa shape index (κ3) is 1.78. The first-order chi connectivity index (χ1) is 7.13. The van der Waals surface area contributed by atoms with Crippen molar-refractivity contribution in [1.29, 1.82) is 0 Å². The number of rotatable bonds is 2. The lowest BCUT2D eigenvalue weighted by atomic mass is 10.0. The summed E-state index contributed by atoms with van der Waals surface area (Å²) in [5, 5.41) is 0.614. The van der Waals surface area contributed by atoms with E-state index in [0.717, 1.165) is 11.1 Å². The summed E-state index contributed by atoms with van der Waals surface area (Å²) in [7, 11) is 0. The van der Waals surface area contributed by atoms with Crippen LogP contribution < -0.4 is 0 Å². The zero-order valence-electron chi connectivity index (χ0n) is 8.52. The second kappa shape index (κ2) is 3.93. The Morgan fingerprint density at radius 1 is 1.53 bits per heavy atom. The topological polar surface area (TPSA) is 17.1 Å². The van der Waals surface area contributed by atoms with E-state index in [1.807, 2.05) is 13.0 Å². The second-order valence-electron chi connectivity index (χ2n) is 4.00. The van der Waals surface area contributed by atoms with Crippen LogP contribution in [-0.2, 0) is 6.42 Å². The van der Waals surface area contributed by atoms with E-state index in [0.29, 0.717) is 23.4 Å². The molecule has 0 heterocycles. The molecule has 80 valence electrons. The third-order valence-electron chi connectivity index (χ3n) is 2.94. The average molecular weight is 227 g/mol. The highest BCUT2D eigenvalue weighted by Crippen LogP contribution is 2.32. The smallest absolute Gasteiger partial charge is 0.166 e. The van der Waals surface area contributed by atoms with Gasteiger partial charge in [-0.05, 0) is 37.0 Å². The summed E-state index contributed by atoms with van der Waals surface area (Å²) in [4.78, 5) is 11.8. The highest BCUT2D eigenvalue weighted by atomic mass is 35.5. The van der Waals surface area contributed by atoms with E-state index in [9.17, 15) is 9.18 Å². The number of carbonyl (C=O) groups excluding carboxylic acids is 1. The highest BCUT2D eigenvalue weighted by Gasteiger charge is 2.30. The molecule has 2 rings (SSSR count). The van der Waals surface area contributed by atoms with Crippen LogP contribution in [0, 0.1) is 12.8 Å². The van der Waals surface area contributed by atoms with Crippen molar-refractivity contribution in [3.8, 4) is 0 Å². The first-order valence-corrected chi connectivity index (χ1v) is 5.40. The molecule has 0 aromatic heterocycles. The zero-order chi connectivity index (χ0) is 11.0. The molecule has 0 fully saturated rings. The van der Waals surface area contributed by atoms with Crippen LogP contribution in [0.15, 0.2) is 12.1 Å². The number of ketones is 1. The number of Topliss-reactive ketones (excluding diaryl/α,β-unsaturated/α-hetero) is 1. The number of fused-ring (bicyclic) bond motifs is 1. The van der Waals surface area contributed by atoms with Gasteiger partial charge in [0.1, 0.15) is 0 Å². The van der Waals surface area contributed by atoms with Gasteiger partial charge >= 0.3 is 0 Å². The van der Waals surface area contributed by atoms with E-state index in [2.05, 4.69) is 0 Å².